The lowest BCUT2D eigenvalue weighted by Crippen LogP contribution is -2.45. The van der Waals surface area contributed by atoms with Gasteiger partial charge in [-0.3, -0.25) is 4.79 Å². The first-order chi connectivity index (χ1) is 14.3. The van der Waals surface area contributed by atoms with E-state index in [1.165, 1.54) is 5.56 Å². The molecular weight excluding hydrogens is 378 g/mol. The van der Waals surface area contributed by atoms with E-state index in [-0.39, 0.29) is 23.4 Å². The van der Waals surface area contributed by atoms with Crippen LogP contribution in [0.4, 0.5) is 11.6 Å². The number of nitrogens with zero attached hydrogens (tertiary/aromatic N) is 5. The lowest BCUT2D eigenvalue weighted by molar-refractivity contribution is -0.119. The molecule has 3 aromatic rings. The van der Waals surface area contributed by atoms with Crippen LogP contribution >= 0.6 is 0 Å². The van der Waals surface area contributed by atoms with Gasteiger partial charge >= 0.3 is 0 Å². The smallest absolute Gasteiger partial charge is 0.232 e. The molecule has 2 unspecified atom stereocenters. The zero-order valence-electron chi connectivity index (χ0n) is 18.0. The van der Waals surface area contributed by atoms with Crippen LogP contribution in [0.15, 0.2) is 30.5 Å². The molecule has 1 saturated carbocycles. The monoisotopic (exact) mass is 407 g/mol. The van der Waals surface area contributed by atoms with Crippen molar-refractivity contribution >= 4 is 28.7 Å². The van der Waals surface area contributed by atoms with Gasteiger partial charge in [-0.15, -0.1) is 5.10 Å². The normalized spacial score (nSPS) is 19.6. The molecule has 1 aliphatic carbocycles. The molecule has 158 valence electrons. The number of carbonyl (C=O) groups is 1. The number of anilines is 2. The van der Waals surface area contributed by atoms with Crippen molar-refractivity contribution in [1.82, 2.24) is 30.7 Å². The minimum Gasteiger partial charge on any atom is -0.354 e. The van der Waals surface area contributed by atoms with E-state index in [0.29, 0.717) is 17.1 Å². The zero-order valence-corrected chi connectivity index (χ0v) is 18.0. The number of fused-ring (bicyclic) bond motifs is 1. The fourth-order valence-corrected chi connectivity index (χ4v) is 4.36. The quantitative estimate of drug-likeness (QED) is 0.685. The van der Waals surface area contributed by atoms with E-state index in [0.717, 1.165) is 31.4 Å². The standard InChI is InChI=1S/C22H29N7O/c1-14(30)24-15-8-7-9-16(12-15)29(19-11-6-5-10-17(19)22(2,3)4)21-23-13-18-20(25-21)27-28-26-18/h5-6,10-11,13,15-16H,7-9,12H2,1-4H3,(H,24,30)(H,23,25,26,27,28). The largest absolute Gasteiger partial charge is 0.354 e. The molecule has 2 aromatic heterocycles. The predicted octanol–water partition coefficient (Wildman–Crippen LogP) is 3.63. The summed E-state index contributed by atoms with van der Waals surface area (Å²) in [6, 6.07) is 8.76. The maximum Gasteiger partial charge on any atom is 0.232 e. The van der Waals surface area contributed by atoms with Gasteiger partial charge in [-0.1, -0.05) is 39.0 Å². The molecule has 30 heavy (non-hydrogen) atoms. The number of benzene rings is 1. The molecule has 2 N–H and O–H groups in total. The molecule has 0 saturated heterocycles. The SMILES string of the molecule is CC(=O)NC1CCCC(N(c2ncc3n[nH]nc3n2)c2ccccc2C(C)(C)C)C1. The van der Waals surface area contributed by atoms with E-state index in [4.69, 9.17) is 4.98 Å². The second-order valence-corrected chi connectivity index (χ2v) is 9.06. The minimum absolute atomic E-state index is 0.0163. The van der Waals surface area contributed by atoms with Crippen LogP contribution in [-0.2, 0) is 10.2 Å². The maximum absolute atomic E-state index is 11.7. The van der Waals surface area contributed by atoms with E-state index in [1.807, 2.05) is 0 Å². The Bertz CT molecular complexity index is 1040. The zero-order chi connectivity index (χ0) is 21.3. The molecule has 0 spiro atoms. The third-order valence-electron chi connectivity index (χ3n) is 5.67. The summed E-state index contributed by atoms with van der Waals surface area (Å²) >= 11 is 0. The summed E-state index contributed by atoms with van der Waals surface area (Å²) in [5, 5.41) is 14.0. The van der Waals surface area contributed by atoms with Crippen molar-refractivity contribution in [3.63, 3.8) is 0 Å². The van der Waals surface area contributed by atoms with E-state index in [1.54, 1.807) is 13.1 Å². The number of hydrogen-bond donors (Lipinski definition) is 2. The fourth-order valence-electron chi connectivity index (χ4n) is 4.36. The molecule has 2 atom stereocenters. The van der Waals surface area contributed by atoms with Crippen molar-refractivity contribution in [3.8, 4) is 0 Å². The second-order valence-electron chi connectivity index (χ2n) is 9.06. The van der Waals surface area contributed by atoms with Crippen molar-refractivity contribution in [1.29, 1.82) is 0 Å². The Morgan fingerprint density at radius 2 is 2.00 bits per heavy atom. The lowest BCUT2D eigenvalue weighted by atomic mass is 9.84. The molecule has 1 fully saturated rings. The Morgan fingerprint density at radius 1 is 1.20 bits per heavy atom. The van der Waals surface area contributed by atoms with Gasteiger partial charge in [0.1, 0.15) is 5.52 Å². The van der Waals surface area contributed by atoms with E-state index in [9.17, 15) is 4.79 Å². The summed E-state index contributed by atoms with van der Waals surface area (Å²) in [6.45, 7) is 8.23. The van der Waals surface area contributed by atoms with Gasteiger partial charge in [0.25, 0.3) is 0 Å². The molecule has 8 heteroatoms. The van der Waals surface area contributed by atoms with Gasteiger partial charge in [0.2, 0.25) is 17.5 Å². The van der Waals surface area contributed by atoms with Crippen molar-refractivity contribution in [2.24, 2.45) is 0 Å². The molecule has 1 aliphatic rings. The van der Waals surface area contributed by atoms with Crippen molar-refractivity contribution in [3.05, 3.63) is 36.0 Å². The molecule has 8 nitrogen and oxygen atoms in total. The van der Waals surface area contributed by atoms with Crippen LogP contribution < -0.4 is 10.2 Å². The first-order valence-corrected chi connectivity index (χ1v) is 10.5. The van der Waals surface area contributed by atoms with Gasteiger partial charge in [0, 0.05) is 24.7 Å². The molecule has 2 heterocycles. The van der Waals surface area contributed by atoms with Crippen LogP contribution in [-0.4, -0.2) is 43.4 Å². The first-order valence-electron chi connectivity index (χ1n) is 10.5. The summed E-state index contributed by atoms with van der Waals surface area (Å²) in [4.78, 5) is 23.3. The Labute approximate surface area is 176 Å². The van der Waals surface area contributed by atoms with Gasteiger partial charge in [0.05, 0.1) is 6.20 Å². The van der Waals surface area contributed by atoms with Gasteiger partial charge in [-0.2, -0.15) is 15.3 Å². The number of carbonyl (C=O) groups excluding carboxylic acids is 1. The van der Waals surface area contributed by atoms with E-state index >= 15 is 0 Å². The van der Waals surface area contributed by atoms with Crippen LogP contribution in [0.2, 0.25) is 0 Å². The summed E-state index contributed by atoms with van der Waals surface area (Å²) in [7, 11) is 0. The number of nitrogens with one attached hydrogen (secondary N) is 2. The average molecular weight is 408 g/mol. The molecule has 1 aromatic carbocycles. The number of amides is 1. The predicted molar refractivity (Wildman–Crippen MR) is 117 cm³/mol. The van der Waals surface area contributed by atoms with Crippen molar-refractivity contribution < 1.29 is 4.79 Å². The highest BCUT2D eigenvalue weighted by Gasteiger charge is 2.32. The summed E-state index contributed by atoms with van der Waals surface area (Å²) in [5.41, 5.74) is 3.48. The van der Waals surface area contributed by atoms with Crippen LogP contribution in [0.25, 0.3) is 11.2 Å². The average Bonchev–Trinajstić information content (AvgIpc) is 3.16. The highest BCUT2D eigenvalue weighted by atomic mass is 16.1. The number of aromatic amines is 1. The molecule has 1 amide bonds. The molecule has 0 bridgehead atoms. The number of hydrogen-bond acceptors (Lipinski definition) is 6. The topological polar surface area (TPSA) is 99.7 Å². The Hall–Kier alpha value is -3.03. The number of aromatic nitrogens is 5. The lowest BCUT2D eigenvalue weighted by Gasteiger charge is -2.39. The molecular formula is C22H29N7O. The molecule has 4 rings (SSSR count). The van der Waals surface area contributed by atoms with Crippen LogP contribution in [0.5, 0.6) is 0 Å². The number of H-pyrrole nitrogens is 1. The van der Waals surface area contributed by atoms with Crippen LogP contribution in [0.3, 0.4) is 0 Å². The second kappa shape index (κ2) is 8.01. The van der Waals surface area contributed by atoms with E-state index in [2.05, 4.69) is 75.6 Å². The van der Waals surface area contributed by atoms with Crippen LogP contribution in [0, 0.1) is 0 Å². The summed E-state index contributed by atoms with van der Waals surface area (Å²) in [5.74, 6) is 0.629. The fraction of sp³-hybridized carbons (Fsp3) is 0.500. The third-order valence-corrected chi connectivity index (χ3v) is 5.67. The maximum atomic E-state index is 11.7. The Morgan fingerprint density at radius 3 is 2.77 bits per heavy atom. The highest BCUT2D eigenvalue weighted by molar-refractivity contribution is 5.73. The first kappa shape index (κ1) is 20.3. The van der Waals surface area contributed by atoms with Crippen molar-refractivity contribution in [2.75, 3.05) is 4.90 Å². The van der Waals surface area contributed by atoms with Gasteiger partial charge in [0.15, 0.2) is 0 Å². The third kappa shape index (κ3) is 4.13. The summed E-state index contributed by atoms with van der Waals surface area (Å²) < 4.78 is 0. The minimum atomic E-state index is -0.0431. The summed E-state index contributed by atoms with van der Waals surface area (Å²) in [6.07, 6.45) is 5.60. The Kier molecular flexibility index (Phi) is 5.40. The van der Waals surface area contributed by atoms with Gasteiger partial charge in [-0.25, -0.2) is 4.98 Å². The number of para-hydroxylation sites is 1. The van der Waals surface area contributed by atoms with Crippen LogP contribution in [0.1, 0.15) is 58.9 Å². The molecule has 0 radical (unpaired) electrons. The number of rotatable bonds is 4. The van der Waals surface area contributed by atoms with E-state index < -0.39 is 0 Å². The van der Waals surface area contributed by atoms with Crippen molar-refractivity contribution in [2.45, 2.75) is 70.9 Å². The Balaban J connectivity index is 1.80. The highest BCUT2D eigenvalue weighted by Crippen LogP contribution is 2.39. The molecule has 0 aliphatic heterocycles. The van der Waals surface area contributed by atoms with Gasteiger partial charge in [-0.05, 0) is 42.7 Å². The van der Waals surface area contributed by atoms with Gasteiger partial charge < -0.3 is 10.2 Å².